The Kier molecular flexibility index (Phi) is 7.77. The highest BCUT2D eigenvalue weighted by Crippen LogP contribution is 2.29. The molecule has 4 rings (SSSR count). The number of aromatic nitrogens is 3. The number of nitrogens with zero attached hydrogens (tertiary/aromatic N) is 2. The number of aromatic amines is 1. The van der Waals surface area contributed by atoms with Crippen LogP contribution in [0.1, 0.15) is 43.0 Å². The van der Waals surface area contributed by atoms with Crippen molar-refractivity contribution in [1.82, 2.24) is 15.0 Å². The molecule has 35 heavy (non-hydrogen) atoms. The van der Waals surface area contributed by atoms with E-state index in [1.807, 2.05) is 24.3 Å². The molecular weight excluding hydrogens is 456 g/mol. The highest BCUT2D eigenvalue weighted by atomic mass is 32.2. The highest BCUT2D eigenvalue weighted by molar-refractivity contribution is 7.99. The number of pyridine rings is 1. The summed E-state index contributed by atoms with van der Waals surface area (Å²) in [6, 6.07) is 20.0. The second kappa shape index (κ2) is 11.1. The van der Waals surface area contributed by atoms with Gasteiger partial charge in [-0.1, -0.05) is 37.7 Å². The maximum atomic E-state index is 12.6. The molecule has 2 aromatic heterocycles. The zero-order valence-corrected chi connectivity index (χ0v) is 20.9. The number of nitrogens with one attached hydrogen (secondary N) is 2. The van der Waals surface area contributed by atoms with Crippen LogP contribution in [-0.2, 0) is 11.2 Å². The van der Waals surface area contributed by atoms with Crippen LogP contribution in [0.5, 0.6) is 0 Å². The minimum atomic E-state index is -0.222. The molecule has 0 saturated heterocycles. The maximum Gasteiger partial charge on any atom is 0.254 e. The van der Waals surface area contributed by atoms with E-state index in [1.54, 1.807) is 43.2 Å². The SMILES string of the molecule is Cc1nc(-c2ccncc2)[nH]c(=O)c1CCC(=O)Nc1ccc(Sc2ccc(C(C)C)cc2)cc1. The quantitative estimate of drug-likeness (QED) is 0.321. The molecule has 7 heteroatoms. The Hall–Kier alpha value is -3.71. The molecule has 178 valence electrons. The van der Waals surface area contributed by atoms with Gasteiger partial charge in [0.2, 0.25) is 5.91 Å². The summed E-state index contributed by atoms with van der Waals surface area (Å²) in [5, 5.41) is 2.91. The molecule has 0 fully saturated rings. The van der Waals surface area contributed by atoms with Crippen LogP contribution >= 0.6 is 11.8 Å². The number of rotatable bonds is 8. The van der Waals surface area contributed by atoms with Crippen LogP contribution in [0.3, 0.4) is 0 Å². The van der Waals surface area contributed by atoms with Crippen LogP contribution in [0, 0.1) is 6.92 Å². The van der Waals surface area contributed by atoms with Gasteiger partial charge in [-0.05, 0) is 73.4 Å². The van der Waals surface area contributed by atoms with Crippen molar-refractivity contribution >= 4 is 23.4 Å². The van der Waals surface area contributed by atoms with Crippen LogP contribution in [0.2, 0.25) is 0 Å². The van der Waals surface area contributed by atoms with Gasteiger partial charge in [-0.3, -0.25) is 14.6 Å². The fourth-order valence-corrected chi connectivity index (χ4v) is 4.49. The number of carbonyl (C=O) groups excluding carboxylic acids is 1. The molecule has 0 bridgehead atoms. The number of hydrogen-bond donors (Lipinski definition) is 2. The molecule has 0 atom stereocenters. The summed E-state index contributed by atoms with van der Waals surface area (Å²) in [4.78, 5) is 38.7. The zero-order chi connectivity index (χ0) is 24.8. The monoisotopic (exact) mass is 484 g/mol. The first-order valence-electron chi connectivity index (χ1n) is 11.6. The Morgan fingerprint density at radius 1 is 0.971 bits per heavy atom. The van der Waals surface area contributed by atoms with Crippen molar-refractivity contribution in [2.24, 2.45) is 0 Å². The van der Waals surface area contributed by atoms with E-state index < -0.39 is 0 Å². The summed E-state index contributed by atoms with van der Waals surface area (Å²) in [5.41, 5.74) is 3.76. The van der Waals surface area contributed by atoms with E-state index in [2.05, 4.69) is 58.4 Å². The van der Waals surface area contributed by atoms with E-state index in [0.29, 0.717) is 29.4 Å². The van der Waals surface area contributed by atoms with Gasteiger partial charge in [0.1, 0.15) is 5.82 Å². The van der Waals surface area contributed by atoms with Crippen LogP contribution in [-0.4, -0.2) is 20.9 Å². The first kappa shape index (κ1) is 24.4. The van der Waals surface area contributed by atoms with Crippen LogP contribution in [0.25, 0.3) is 11.4 Å². The Bertz CT molecular complexity index is 1350. The van der Waals surface area contributed by atoms with Gasteiger partial charge in [-0.15, -0.1) is 0 Å². The Morgan fingerprint density at radius 3 is 2.20 bits per heavy atom. The summed E-state index contributed by atoms with van der Waals surface area (Å²) >= 11 is 1.68. The van der Waals surface area contributed by atoms with Gasteiger partial charge < -0.3 is 10.3 Å². The van der Waals surface area contributed by atoms with Crippen LogP contribution in [0.15, 0.2) is 87.6 Å². The second-order valence-corrected chi connectivity index (χ2v) is 9.76. The number of carbonyl (C=O) groups is 1. The predicted octanol–water partition coefficient (Wildman–Crippen LogP) is 5.99. The predicted molar refractivity (Wildman–Crippen MR) is 141 cm³/mol. The molecule has 1 amide bonds. The topological polar surface area (TPSA) is 87.7 Å². The number of aryl methyl sites for hydroxylation is 1. The van der Waals surface area contributed by atoms with E-state index in [0.717, 1.165) is 16.1 Å². The first-order valence-corrected chi connectivity index (χ1v) is 12.4. The number of H-pyrrole nitrogens is 1. The highest BCUT2D eigenvalue weighted by Gasteiger charge is 2.12. The first-order chi connectivity index (χ1) is 16.9. The van der Waals surface area contributed by atoms with E-state index in [1.165, 1.54) is 10.5 Å². The lowest BCUT2D eigenvalue weighted by molar-refractivity contribution is -0.116. The fourth-order valence-electron chi connectivity index (χ4n) is 3.68. The third-order valence-corrected chi connectivity index (χ3v) is 6.71. The molecular formula is C28H28N4O2S. The van der Waals surface area contributed by atoms with Gasteiger partial charge in [-0.25, -0.2) is 4.98 Å². The summed E-state index contributed by atoms with van der Waals surface area (Å²) in [7, 11) is 0. The van der Waals surface area contributed by atoms with Gasteiger partial charge in [0.15, 0.2) is 0 Å². The van der Waals surface area contributed by atoms with Gasteiger partial charge in [-0.2, -0.15) is 0 Å². The molecule has 0 spiro atoms. The summed E-state index contributed by atoms with van der Waals surface area (Å²) in [6.45, 7) is 6.16. The Labute approximate surface area is 209 Å². The van der Waals surface area contributed by atoms with Crippen molar-refractivity contribution in [3.05, 3.63) is 100 Å². The normalized spacial score (nSPS) is 11.0. The fraction of sp³-hybridized carbons (Fsp3) is 0.214. The summed E-state index contributed by atoms with van der Waals surface area (Å²) < 4.78 is 0. The van der Waals surface area contributed by atoms with Gasteiger partial charge >= 0.3 is 0 Å². The van der Waals surface area contributed by atoms with Crippen molar-refractivity contribution in [1.29, 1.82) is 0 Å². The van der Waals surface area contributed by atoms with Gasteiger partial charge in [0.05, 0.1) is 0 Å². The summed E-state index contributed by atoms with van der Waals surface area (Å²) in [6.07, 6.45) is 3.81. The maximum absolute atomic E-state index is 12.6. The third-order valence-electron chi connectivity index (χ3n) is 5.70. The average Bonchev–Trinajstić information content (AvgIpc) is 2.85. The molecule has 0 saturated carbocycles. The molecule has 2 N–H and O–H groups in total. The number of benzene rings is 2. The van der Waals surface area contributed by atoms with Crippen molar-refractivity contribution < 1.29 is 4.79 Å². The number of amides is 1. The van der Waals surface area contributed by atoms with E-state index >= 15 is 0 Å². The molecule has 0 unspecified atom stereocenters. The zero-order valence-electron chi connectivity index (χ0n) is 20.0. The molecule has 6 nitrogen and oxygen atoms in total. The minimum absolute atomic E-state index is 0.147. The van der Waals surface area contributed by atoms with Crippen molar-refractivity contribution in [2.45, 2.75) is 49.3 Å². The van der Waals surface area contributed by atoms with Crippen molar-refractivity contribution in [3.8, 4) is 11.4 Å². The van der Waals surface area contributed by atoms with Gasteiger partial charge in [0.25, 0.3) is 5.56 Å². The second-order valence-electron chi connectivity index (χ2n) is 8.61. The molecule has 0 aliphatic carbocycles. The van der Waals surface area contributed by atoms with Crippen molar-refractivity contribution in [2.75, 3.05) is 5.32 Å². The van der Waals surface area contributed by atoms with E-state index in [4.69, 9.17) is 0 Å². The standard InChI is InChI=1S/C28H28N4O2S/c1-18(2)20-4-8-23(9-5-20)35-24-10-6-22(7-11-24)31-26(33)13-12-25-19(3)30-27(32-28(25)34)21-14-16-29-17-15-21/h4-11,14-18H,12-13H2,1-3H3,(H,31,33)(H,30,32,34). The smallest absolute Gasteiger partial charge is 0.254 e. The Balaban J connectivity index is 1.33. The van der Waals surface area contributed by atoms with Crippen LogP contribution < -0.4 is 10.9 Å². The lowest BCUT2D eigenvalue weighted by Gasteiger charge is -2.09. The average molecular weight is 485 g/mol. The van der Waals surface area contributed by atoms with Crippen molar-refractivity contribution in [3.63, 3.8) is 0 Å². The molecule has 2 heterocycles. The van der Waals surface area contributed by atoms with E-state index in [9.17, 15) is 9.59 Å². The minimum Gasteiger partial charge on any atom is -0.326 e. The van der Waals surface area contributed by atoms with Gasteiger partial charge in [0, 0.05) is 51.1 Å². The molecule has 4 aromatic rings. The lowest BCUT2D eigenvalue weighted by atomic mass is 10.0. The number of anilines is 1. The Morgan fingerprint density at radius 2 is 1.60 bits per heavy atom. The van der Waals surface area contributed by atoms with Crippen LogP contribution in [0.4, 0.5) is 5.69 Å². The molecule has 0 radical (unpaired) electrons. The van der Waals surface area contributed by atoms with E-state index in [-0.39, 0.29) is 17.9 Å². The largest absolute Gasteiger partial charge is 0.326 e. The molecule has 0 aliphatic rings. The summed E-state index contributed by atoms with van der Waals surface area (Å²) in [5.74, 6) is 0.866. The number of hydrogen-bond acceptors (Lipinski definition) is 5. The molecule has 0 aliphatic heterocycles. The molecule has 2 aromatic carbocycles. The lowest BCUT2D eigenvalue weighted by Crippen LogP contribution is -2.20. The third kappa shape index (κ3) is 6.45.